The number of nitrogens with zero attached hydrogens (tertiary/aromatic N) is 2. The van der Waals surface area contributed by atoms with Crippen LogP contribution in [0, 0.1) is 6.92 Å². The second kappa shape index (κ2) is 7.43. The molecule has 108 valence electrons. The predicted molar refractivity (Wildman–Crippen MR) is 80.0 cm³/mol. The summed E-state index contributed by atoms with van der Waals surface area (Å²) < 4.78 is 6.88. The van der Waals surface area contributed by atoms with E-state index in [2.05, 4.69) is 17.3 Å². The van der Waals surface area contributed by atoms with Gasteiger partial charge in [0.05, 0.1) is 18.1 Å². The maximum Gasteiger partial charge on any atom is 0.237 e. The minimum atomic E-state index is -0.0733. The van der Waals surface area contributed by atoms with E-state index >= 15 is 0 Å². The van der Waals surface area contributed by atoms with Crippen LogP contribution in [-0.2, 0) is 11.8 Å². The molecule has 1 amide bonds. The van der Waals surface area contributed by atoms with Crippen molar-refractivity contribution in [1.82, 2.24) is 9.78 Å². The first kappa shape index (κ1) is 15.9. The molecule has 0 spiro atoms. The van der Waals surface area contributed by atoms with Gasteiger partial charge in [0.25, 0.3) is 0 Å². The quantitative estimate of drug-likeness (QED) is 0.782. The van der Waals surface area contributed by atoms with E-state index in [1.807, 2.05) is 13.8 Å². The number of carbonyl (C=O) groups excluding carboxylic acids is 1. The van der Waals surface area contributed by atoms with Crippen molar-refractivity contribution in [2.45, 2.75) is 38.9 Å². The Balaban J connectivity index is 2.66. The van der Waals surface area contributed by atoms with Gasteiger partial charge in [0.1, 0.15) is 5.69 Å². The second-order valence-corrected chi connectivity index (χ2v) is 5.90. The Morgan fingerprint density at radius 1 is 1.58 bits per heavy atom. The number of amides is 1. The highest BCUT2D eigenvalue weighted by Crippen LogP contribution is 2.27. The summed E-state index contributed by atoms with van der Waals surface area (Å²) in [6.07, 6.45) is 2.29. The lowest BCUT2D eigenvalue weighted by atomic mass is 10.3. The summed E-state index contributed by atoms with van der Waals surface area (Å²) in [5.41, 5.74) is 1.43. The van der Waals surface area contributed by atoms with Crippen molar-refractivity contribution in [1.29, 1.82) is 0 Å². The van der Waals surface area contributed by atoms with Crippen LogP contribution in [0.15, 0.2) is 0 Å². The van der Waals surface area contributed by atoms with Crippen LogP contribution < -0.4 is 10.1 Å². The predicted octanol–water partition coefficient (Wildman–Crippen LogP) is 2.60. The standard InChI is InChI=1S/C13H23N3O2S/c1-6-7-8-19-10(3)12(17)14-11-9(2)15-16(4)13(11)18-5/h10H,6-8H2,1-5H3,(H,14,17). The molecule has 0 saturated heterocycles. The molecular weight excluding hydrogens is 262 g/mol. The van der Waals surface area contributed by atoms with Crippen LogP contribution >= 0.6 is 11.8 Å². The Hall–Kier alpha value is -1.17. The van der Waals surface area contributed by atoms with Crippen molar-refractivity contribution in [2.24, 2.45) is 7.05 Å². The number of unbranched alkanes of at least 4 members (excludes halogenated alkanes) is 1. The lowest BCUT2D eigenvalue weighted by Gasteiger charge is -2.12. The minimum absolute atomic E-state index is 0.00416. The van der Waals surface area contributed by atoms with Gasteiger partial charge in [-0.15, -0.1) is 11.8 Å². The normalized spacial score (nSPS) is 12.3. The average Bonchev–Trinajstić information content (AvgIpc) is 2.63. The maximum atomic E-state index is 12.1. The van der Waals surface area contributed by atoms with E-state index in [-0.39, 0.29) is 11.2 Å². The number of hydrogen-bond acceptors (Lipinski definition) is 4. The van der Waals surface area contributed by atoms with Crippen LogP contribution in [0.3, 0.4) is 0 Å². The zero-order valence-electron chi connectivity index (χ0n) is 12.3. The van der Waals surface area contributed by atoms with Crippen molar-refractivity contribution in [3.05, 3.63) is 5.69 Å². The van der Waals surface area contributed by atoms with Gasteiger partial charge in [0.15, 0.2) is 0 Å². The van der Waals surface area contributed by atoms with Crippen LogP contribution in [0.25, 0.3) is 0 Å². The molecule has 0 aliphatic rings. The fraction of sp³-hybridized carbons (Fsp3) is 0.692. The molecule has 1 unspecified atom stereocenters. The van der Waals surface area contributed by atoms with Gasteiger partial charge in [0, 0.05) is 7.05 Å². The first-order valence-electron chi connectivity index (χ1n) is 6.51. The van der Waals surface area contributed by atoms with Gasteiger partial charge in [-0.1, -0.05) is 13.3 Å². The van der Waals surface area contributed by atoms with E-state index in [0.29, 0.717) is 11.6 Å². The topological polar surface area (TPSA) is 56.2 Å². The van der Waals surface area contributed by atoms with Crippen LogP contribution in [-0.4, -0.2) is 33.8 Å². The molecule has 1 N–H and O–H groups in total. The second-order valence-electron chi connectivity index (χ2n) is 4.45. The van der Waals surface area contributed by atoms with Gasteiger partial charge >= 0.3 is 0 Å². The Bertz CT molecular complexity index is 432. The molecular formula is C13H23N3O2S. The summed E-state index contributed by atoms with van der Waals surface area (Å²) in [5.74, 6) is 1.58. The largest absolute Gasteiger partial charge is 0.480 e. The van der Waals surface area contributed by atoms with Crippen molar-refractivity contribution >= 4 is 23.4 Å². The van der Waals surface area contributed by atoms with E-state index in [9.17, 15) is 4.79 Å². The summed E-state index contributed by atoms with van der Waals surface area (Å²) in [5, 5.41) is 7.08. The van der Waals surface area contributed by atoms with E-state index in [0.717, 1.165) is 24.3 Å². The molecule has 1 rings (SSSR count). The highest BCUT2D eigenvalue weighted by molar-refractivity contribution is 8.00. The molecule has 0 bridgehead atoms. The van der Waals surface area contributed by atoms with Crippen molar-refractivity contribution in [3.8, 4) is 5.88 Å². The first-order valence-corrected chi connectivity index (χ1v) is 7.56. The number of thioether (sulfide) groups is 1. The molecule has 1 atom stereocenters. The zero-order chi connectivity index (χ0) is 14.4. The van der Waals surface area contributed by atoms with Gasteiger partial charge in [-0.05, 0) is 26.0 Å². The fourth-order valence-electron chi connectivity index (χ4n) is 1.72. The number of anilines is 1. The molecule has 5 nitrogen and oxygen atoms in total. The van der Waals surface area contributed by atoms with Crippen molar-refractivity contribution in [3.63, 3.8) is 0 Å². The van der Waals surface area contributed by atoms with Gasteiger partial charge < -0.3 is 10.1 Å². The molecule has 0 radical (unpaired) electrons. The maximum absolute atomic E-state index is 12.1. The van der Waals surface area contributed by atoms with E-state index < -0.39 is 0 Å². The van der Waals surface area contributed by atoms with E-state index in [1.54, 1.807) is 30.6 Å². The number of carbonyl (C=O) groups is 1. The minimum Gasteiger partial charge on any atom is -0.480 e. The molecule has 6 heteroatoms. The molecule has 0 fully saturated rings. The summed E-state index contributed by atoms with van der Waals surface area (Å²) in [4.78, 5) is 12.1. The average molecular weight is 285 g/mol. The number of hydrogen-bond donors (Lipinski definition) is 1. The SMILES string of the molecule is CCCCSC(C)C(=O)Nc1c(C)nn(C)c1OC. The molecule has 1 aromatic heterocycles. The molecule has 1 aromatic rings. The first-order chi connectivity index (χ1) is 9.01. The number of nitrogens with one attached hydrogen (secondary N) is 1. The number of methoxy groups -OCH3 is 1. The van der Waals surface area contributed by atoms with Crippen LogP contribution in [0.4, 0.5) is 5.69 Å². The van der Waals surface area contributed by atoms with Gasteiger partial charge in [-0.25, -0.2) is 4.68 Å². The summed E-state index contributed by atoms with van der Waals surface area (Å²) in [6, 6.07) is 0. The molecule has 0 aliphatic carbocycles. The molecule has 0 aromatic carbocycles. The number of aromatic nitrogens is 2. The van der Waals surface area contributed by atoms with E-state index in [4.69, 9.17) is 4.74 Å². The van der Waals surface area contributed by atoms with E-state index in [1.165, 1.54) is 0 Å². The van der Waals surface area contributed by atoms with Crippen LogP contribution in [0.5, 0.6) is 5.88 Å². The van der Waals surface area contributed by atoms with Crippen LogP contribution in [0.1, 0.15) is 32.4 Å². The lowest BCUT2D eigenvalue weighted by molar-refractivity contribution is -0.115. The number of rotatable bonds is 7. The third kappa shape index (κ3) is 4.16. The Labute approximate surface area is 119 Å². The highest BCUT2D eigenvalue weighted by Gasteiger charge is 2.19. The van der Waals surface area contributed by atoms with Crippen molar-refractivity contribution < 1.29 is 9.53 Å². The number of ether oxygens (including phenoxy) is 1. The smallest absolute Gasteiger partial charge is 0.237 e. The monoisotopic (exact) mass is 285 g/mol. The third-order valence-electron chi connectivity index (χ3n) is 2.85. The fourth-order valence-corrected chi connectivity index (χ4v) is 2.74. The molecule has 0 saturated carbocycles. The third-order valence-corrected chi connectivity index (χ3v) is 4.08. The summed E-state index contributed by atoms with van der Waals surface area (Å²) in [7, 11) is 3.37. The van der Waals surface area contributed by atoms with Gasteiger partial charge in [-0.3, -0.25) is 4.79 Å². The zero-order valence-corrected chi connectivity index (χ0v) is 13.1. The summed E-state index contributed by atoms with van der Waals surface area (Å²) >= 11 is 1.67. The Morgan fingerprint density at radius 2 is 2.26 bits per heavy atom. The Morgan fingerprint density at radius 3 is 2.84 bits per heavy atom. The highest BCUT2D eigenvalue weighted by atomic mass is 32.2. The lowest BCUT2D eigenvalue weighted by Crippen LogP contribution is -2.23. The van der Waals surface area contributed by atoms with Crippen LogP contribution in [0.2, 0.25) is 0 Å². The Kier molecular flexibility index (Phi) is 6.21. The number of aryl methyl sites for hydroxylation is 2. The van der Waals surface area contributed by atoms with Gasteiger partial charge in [-0.2, -0.15) is 5.10 Å². The van der Waals surface area contributed by atoms with Crippen molar-refractivity contribution in [2.75, 3.05) is 18.2 Å². The molecule has 19 heavy (non-hydrogen) atoms. The molecule has 1 heterocycles. The summed E-state index contributed by atoms with van der Waals surface area (Å²) in [6.45, 7) is 5.93. The molecule has 0 aliphatic heterocycles. The van der Waals surface area contributed by atoms with Gasteiger partial charge in [0.2, 0.25) is 11.8 Å².